The monoisotopic (exact) mass is 287 g/mol. The molecule has 0 unspecified atom stereocenters. The summed E-state index contributed by atoms with van der Waals surface area (Å²) in [5.41, 5.74) is 2.33. The fraction of sp³-hybridized carbons (Fsp3) is 0.600. The number of hydrogen-bond donors (Lipinski definition) is 2. The number of nitrogens with two attached hydrogens (primary N) is 1. The van der Waals surface area contributed by atoms with Gasteiger partial charge in [0.25, 0.3) is 0 Å². The summed E-state index contributed by atoms with van der Waals surface area (Å²) in [6, 6.07) is 0.177. The van der Waals surface area contributed by atoms with E-state index in [1.54, 1.807) is 6.92 Å². The lowest BCUT2D eigenvalue weighted by molar-refractivity contribution is -0.139. The summed E-state index contributed by atoms with van der Waals surface area (Å²) in [5, 5.41) is 0.349. The van der Waals surface area contributed by atoms with E-state index >= 15 is 0 Å². The van der Waals surface area contributed by atoms with Crippen LogP contribution in [0.2, 0.25) is 0 Å². The average Bonchev–Trinajstić information content (AvgIpc) is 2.43. The highest BCUT2D eigenvalue weighted by atomic mass is 32.2. The Kier molecular flexibility index (Phi) is 6.90. The van der Waals surface area contributed by atoms with Gasteiger partial charge in [-0.1, -0.05) is 18.7 Å². The SMILES string of the molecule is CCCOc1nc(NN)nc(SCC(=O)OCC)n1. The maximum atomic E-state index is 11.2. The molecule has 0 bridgehead atoms. The van der Waals surface area contributed by atoms with E-state index < -0.39 is 0 Å². The number of anilines is 1. The first-order valence-electron chi connectivity index (χ1n) is 5.83. The third-order valence-electron chi connectivity index (χ3n) is 1.78. The van der Waals surface area contributed by atoms with Gasteiger partial charge in [0, 0.05) is 0 Å². The Morgan fingerprint density at radius 1 is 1.37 bits per heavy atom. The Morgan fingerprint density at radius 3 is 2.79 bits per heavy atom. The molecule has 8 nitrogen and oxygen atoms in total. The number of nitrogen functional groups attached to an aromatic ring is 1. The molecule has 0 amide bonds. The second kappa shape index (κ2) is 8.48. The summed E-state index contributed by atoms with van der Waals surface area (Å²) in [6.07, 6.45) is 0.836. The molecule has 1 aromatic heterocycles. The zero-order valence-electron chi connectivity index (χ0n) is 10.9. The molecule has 0 aromatic carbocycles. The summed E-state index contributed by atoms with van der Waals surface area (Å²) in [7, 11) is 0. The van der Waals surface area contributed by atoms with Gasteiger partial charge in [-0.15, -0.1) is 0 Å². The molecule has 0 saturated heterocycles. The van der Waals surface area contributed by atoms with Crippen LogP contribution >= 0.6 is 11.8 Å². The Morgan fingerprint density at radius 2 is 2.16 bits per heavy atom. The molecular formula is C10H17N5O3S. The van der Waals surface area contributed by atoms with E-state index in [0.29, 0.717) is 18.4 Å². The molecule has 1 rings (SSSR count). The topological polar surface area (TPSA) is 112 Å². The van der Waals surface area contributed by atoms with Crippen molar-refractivity contribution in [3.8, 4) is 6.01 Å². The van der Waals surface area contributed by atoms with Gasteiger partial charge in [-0.05, 0) is 13.3 Å². The highest BCUT2D eigenvalue weighted by molar-refractivity contribution is 7.99. The Bertz CT molecular complexity index is 418. The molecule has 1 aromatic rings. The van der Waals surface area contributed by atoms with E-state index in [9.17, 15) is 4.79 Å². The van der Waals surface area contributed by atoms with Crippen LogP contribution < -0.4 is 16.0 Å². The number of thioether (sulfide) groups is 1. The first-order valence-corrected chi connectivity index (χ1v) is 6.82. The van der Waals surface area contributed by atoms with Crippen LogP contribution in [-0.2, 0) is 9.53 Å². The van der Waals surface area contributed by atoms with E-state index in [1.807, 2.05) is 6.92 Å². The van der Waals surface area contributed by atoms with Crippen molar-refractivity contribution in [3.63, 3.8) is 0 Å². The normalized spacial score (nSPS) is 10.1. The predicted molar refractivity (Wildman–Crippen MR) is 70.8 cm³/mol. The number of nitrogens with zero attached hydrogens (tertiary/aromatic N) is 3. The zero-order chi connectivity index (χ0) is 14.1. The van der Waals surface area contributed by atoms with Gasteiger partial charge in [-0.2, -0.15) is 15.0 Å². The maximum absolute atomic E-state index is 11.2. The van der Waals surface area contributed by atoms with E-state index in [0.717, 1.165) is 18.2 Å². The van der Waals surface area contributed by atoms with Crippen LogP contribution in [-0.4, -0.2) is 39.9 Å². The van der Waals surface area contributed by atoms with Crippen LogP contribution in [0.15, 0.2) is 5.16 Å². The van der Waals surface area contributed by atoms with Crippen molar-refractivity contribution in [2.45, 2.75) is 25.4 Å². The number of hydrazine groups is 1. The molecular weight excluding hydrogens is 270 g/mol. The van der Waals surface area contributed by atoms with Crippen molar-refractivity contribution in [2.24, 2.45) is 5.84 Å². The number of esters is 1. The van der Waals surface area contributed by atoms with Gasteiger partial charge in [-0.25, -0.2) is 5.84 Å². The van der Waals surface area contributed by atoms with Crippen molar-refractivity contribution in [1.82, 2.24) is 15.0 Å². The van der Waals surface area contributed by atoms with Crippen LogP contribution in [0, 0.1) is 0 Å². The first-order chi connectivity index (χ1) is 9.19. The Balaban J connectivity index is 2.67. The largest absolute Gasteiger partial charge is 0.465 e. The van der Waals surface area contributed by atoms with Crippen molar-refractivity contribution in [2.75, 3.05) is 24.4 Å². The lowest BCUT2D eigenvalue weighted by atomic mass is 10.5. The van der Waals surface area contributed by atoms with Gasteiger partial charge in [-0.3, -0.25) is 10.2 Å². The number of nitrogens with one attached hydrogen (secondary N) is 1. The zero-order valence-corrected chi connectivity index (χ0v) is 11.7. The number of aromatic nitrogens is 3. The number of rotatable bonds is 8. The Hall–Kier alpha value is -1.61. The van der Waals surface area contributed by atoms with E-state index in [4.69, 9.17) is 15.3 Å². The van der Waals surface area contributed by atoms with Gasteiger partial charge >= 0.3 is 12.0 Å². The molecule has 0 spiro atoms. The number of hydrogen-bond acceptors (Lipinski definition) is 9. The fourth-order valence-corrected chi connectivity index (χ4v) is 1.68. The average molecular weight is 287 g/mol. The number of carbonyl (C=O) groups is 1. The molecule has 1 heterocycles. The minimum absolute atomic E-state index is 0.120. The minimum atomic E-state index is -0.328. The Labute approximate surface area is 115 Å². The molecule has 106 valence electrons. The van der Waals surface area contributed by atoms with Gasteiger partial charge < -0.3 is 9.47 Å². The van der Waals surface area contributed by atoms with Crippen molar-refractivity contribution >= 4 is 23.7 Å². The maximum Gasteiger partial charge on any atom is 0.322 e. The molecule has 0 aliphatic heterocycles. The quantitative estimate of drug-likeness (QED) is 0.307. The van der Waals surface area contributed by atoms with Gasteiger partial charge in [0.15, 0.2) is 5.16 Å². The summed E-state index contributed by atoms with van der Waals surface area (Å²) >= 11 is 1.13. The number of carbonyl (C=O) groups excluding carboxylic acids is 1. The summed E-state index contributed by atoms with van der Waals surface area (Å²) in [5.74, 6) is 5.24. The van der Waals surface area contributed by atoms with E-state index in [-0.39, 0.29) is 23.7 Å². The molecule has 19 heavy (non-hydrogen) atoms. The minimum Gasteiger partial charge on any atom is -0.465 e. The van der Waals surface area contributed by atoms with Crippen LogP contribution in [0.1, 0.15) is 20.3 Å². The van der Waals surface area contributed by atoms with Crippen molar-refractivity contribution in [1.29, 1.82) is 0 Å². The summed E-state index contributed by atoms with van der Waals surface area (Å²) < 4.78 is 10.1. The molecule has 0 aliphatic carbocycles. The summed E-state index contributed by atoms with van der Waals surface area (Å²) in [6.45, 7) is 4.56. The van der Waals surface area contributed by atoms with Gasteiger partial charge in [0.1, 0.15) is 0 Å². The molecule has 0 aliphatic rings. The molecule has 0 atom stereocenters. The lowest BCUT2D eigenvalue weighted by Crippen LogP contribution is -2.13. The third-order valence-corrected chi connectivity index (χ3v) is 2.60. The molecule has 3 N–H and O–H groups in total. The summed E-state index contributed by atoms with van der Waals surface area (Å²) in [4.78, 5) is 23.3. The highest BCUT2D eigenvalue weighted by Gasteiger charge is 2.10. The first kappa shape index (κ1) is 15.4. The van der Waals surface area contributed by atoms with Gasteiger partial charge in [0.05, 0.1) is 19.0 Å². The third kappa shape index (κ3) is 5.71. The second-order valence-corrected chi connectivity index (χ2v) is 4.25. The van der Waals surface area contributed by atoms with E-state index in [1.165, 1.54) is 0 Å². The van der Waals surface area contributed by atoms with Crippen LogP contribution in [0.5, 0.6) is 6.01 Å². The molecule has 9 heteroatoms. The number of ether oxygens (including phenoxy) is 2. The van der Waals surface area contributed by atoms with Crippen LogP contribution in [0.4, 0.5) is 5.95 Å². The predicted octanol–water partition coefficient (Wildman–Crippen LogP) is 0.601. The molecule has 0 saturated carbocycles. The van der Waals surface area contributed by atoms with Crippen molar-refractivity contribution in [3.05, 3.63) is 0 Å². The van der Waals surface area contributed by atoms with Gasteiger partial charge in [0.2, 0.25) is 5.95 Å². The second-order valence-electron chi connectivity index (χ2n) is 3.31. The fourth-order valence-electron chi connectivity index (χ4n) is 1.05. The molecule has 0 fully saturated rings. The van der Waals surface area contributed by atoms with Crippen molar-refractivity contribution < 1.29 is 14.3 Å². The van der Waals surface area contributed by atoms with Crippen LogP contribution in [0.25, 0.3) is 0 Å². The lowest BCUT2D eigenvalue weighted by Gasteiger charge is -2.06. The smallest absolute Gasteiger partial charge is 0.322 e. The van der Waals surface area contributed by atoms with Crippen LogP contribution in [0.3, 0.4) is 0 Å². The van der Waals surface area contributed by atoms with E-state index in [2.05, 4.69) is 20.4 Å². The standard InChI is InChI=1S/C10H17N5O3S/c1-3-5-18-9-12-8(15-11)13-10(14-9)19-6-7(16)17-4-2/h3-6,11H2,1-2H3,(H,12,13,14,15). The highest BCUT2D eigenvalue weighted by Crippen LogP contribution is 2.17. The molecule has 0 radical (unpaired) electrons.